The van der Waals surface area contributed by atoms with Crippen molar-refractivity contribution in [2.24, 2.45) is 5.16 Å². The number of oxime groups is 1. The molecule has 0 saturated carbocycles. The zero-order valence-corrected chi connectivity index (χ0v) is 15.3. The molecule has 0 spiro atoms. The van der Waals surface area contributed by atoms with E-state index >= 15 is 0 Å². The van der Waals surface area contributed by atoms with Crippen molar-refractivity contribution in [1.82, 2.24) is 4.98 Å². The second kappa shape index (κ2) is 6.61. The van der Waals surface area contributed by atoms with Gasteiger partial charge in [-0.2, -0.15) is 0 Å². The van der Waals surface area contributed by atoms with Crippen molar-refractivity contribution in [1.29, 1.82) is 0 Å². The van der Waals surface area contributed by atoms with E-state index in [0.29, 0.717) is 28.3 Å². The molecule has 4 aromatic rings. The lowest BCUT2D eigenvalue weighted by Gasteiger charge is -2.07. The van der Waals surface area contributed by atoms with Gasteiger partial charge in [-0.05, 0) is 29.8 Å². The Balaban J connectivity index is 1.42. The van der Waals surface area contributed by atoms with Gasteiger partial charge in [-0.3, -0.25) is 0 Å². The molecule has 6 nitrogen and oxygen atoms in total. The highest BCUT2D eigenvalue weighted by Crippen LogP contribution is 2.32. The maximum absolute atomic E-state index is 12.4. The topological polar surface area (TPSA) is 84.9 Å². The van der Waals surface area contributed by atoms with E-state index in [0.717, 1.165) is 16.7 Å². The molecular weight excluding hydrogens is 376 g/mol. The number of fused-ring (bicyclic) bond motifs is 1. The van der Waals surface area contributed by atoms with E-state index in [4.69, 9.17) is 9.25 Å². The maximum Gasteiger partial charge on any atom is 0.345 e. The molecule has 2 aromatic heterocycles. The Hall–Kier alpha value is -3.45. The minimum Gasteiger partial charge on any atom is -0.508 e. The van der Waals surface area contributed by atoms with Crippen molar-refractivity contribution in [2.45, 2.75) is 12.5 Å². The first-order chi connectivity index (χ1) is 13.7. The molecule has 0 saturated heterocycles. The van der Waals surface area contributed by atoms with E-state index in [1.54, 1.807) is 24.3 Å². The van der Waals surface area contributed by atoms with Crippen LogP contribution >= 0.6 is 11.3 Å². The lowest BCUT2D eigenvalue weighted by Crippen LogP contribution is -2.04. The first-order valence-corrected chi connectivity index (χ1v) is 9.56. The van der Waals surface area contributed by atoms with Gasteiger partial charge in [0, 0.05) is 17.2 Å². The second-order valence-corrected chi connectivity index (χ2v) is 7.31. The molecule has 0 bridgehead atoms. The van der Waals surface area contributed by atoms with Crippen molar-refractivity contribution < 1.29 is 14.4 Å². The van der Waals surface area contributed by atoms with Crippen LogP contribution in [0.15, 0.2) is 74.3 Å². The summed E-state index contributed by atoms with van der Waals surface area (Å²) in [6.45, 7) is 0. The van der Waals surface area contributed by atoms with Crippen molar-refractivity contribution in [3.63, 3.8) is 0 Å². The molecule has 2 aromatic carbocycles. The van der Waals surface area contributed by atoms with E-state index in [9.17, 15) is 9.90 Å². The lowest BCUT2D eigenvalue weighted by molar-refractivity contribution is 0.0857. The summed E-state index contributed by atoms with van der Waals surface area (Å²) in [5.74, 6) is 0.210. The van der Waals surface area contributed by atoms with E-state index in [1.165, 1.54) is 11.3 Å². The van der Waals surface area contributed by atoms with Crippen LogP contribution in [0.25, 0.3) is 22.2 Å². The summed E-state index contributed by atoms with van der Waals surface area (Å²) in [7, 11) is 0. The molecule has 1 aliphatic heterocycles. The summed E-state index contributed by atoms with van der Waals surface area (Å²) in [6.07, 6.45) is 0.359. The van der Waals surface area contributed by atoms with E-state index < -0.39 is 5.63 Å². The third-order valence-corrected chi connectivity index (χ3v) is 5.49. The van der Waals surface area contributed by atoms with Gasteiger partial charge >= 0.3 is 5.63 Å². The van der Waals surface area contributed by atoms with Crippen molar-refractivity contribution in [3.8, 4) is 17.0 Å². The fraction of sp³-hybridized carbons (Fsp3) is 0.0952. The molecule has 5 rings (SSSR count). The Bertz CT molecular complexity index is 1260. The van der Waals surface area contributed by atoms with Gasteiger partial charge in [-0.15, -0.1) is 11.3 Å². The number of benzene rings is 2. The molecule has 1 unspecified atom stereocenters. The van der Waals surface area contributed by atoms with Crippen LogP contribution in [0.2, 0.25) is 0 Å². The minimum absolute atomic E-state index is 0.210. The predicted octanol–water partition coefficient (Wildman–Crippen LogP) is 4.49. The molecule has 0 fully saturated rings. The number of phenols is 1. The molecular formula is C21H14N2O4S. The largest absolute Gasteiger partial charge is 0.508 e. The van der Waals surface area contributed by atoms with Crippen LogP contribution in [0, 0.1) is 0 Å². The third-order valence-electron chi connectivity index (χ3n) is 4.60. The molecule has 0 amide bonds. The molecule has 1 aliphatic rings. The first-order valence-electron chi connectivity index (χ1n) is 8.68. The standard InChI is InChI=1S/C21H14N2O4S/c24-14-7-5-12(6-8-14)19-10-16(23-27-19)20-22-17(11-28-20)15-9-13-3-1-2-4-18(13)26-21(15)25/h1-9,11,19,24H,10H2. The smallest absolute Gasteiger partial charge is 0.345 e. The number of nitrogens with zero attached hydrogens (tertiary/aromatic N) is 2. The van der Waals surface area contributed by atoms with E-state index in [2.05, 4.69) is 10.1 Å². The van der Waals surface area contributed by atoms with E-state index in [-0.39, 0.29) is 11.9 Å². The predicted molar refractivity (Wildman–Crippen MR) is 107 cm³/mol. The molecule has 28 heavy (non-hydrogen) atoms. The zero-order valence-electron chi connectivity index (χ0n) is 14.5. The maximum atomic E-state index is 12.4. The molecule has 1 atom stereocenters. The number of thiazole rings is 1. The highest BCUT2D eigenvalue weighted by Gasteiger charge is 2.26. The first kappa shape index (κ1) is 16.7. The summed E-state index contributed by atoms with van der Waals surface area (Å²) in [5.41, 5.74) is 2.80. The van der Waals surface area contributed by atoms with Gasteiger partial charge in [0.1, 0.15) is 22.1 Å². The molecule has 0 aliphatic carbocycles. The van der Waals surface area contributed by atoms with Gasteiger partial charge in [0.25, 0.3) is 0 Å². The summed E-state index contributed by atoms with van der Waals surface area (Å²) >= 11 is 1.41. The van der Waals surface area contributed by atoms with Crippen LogP contribution in [0.4, 0.5) is 0 Å². The van der Waals surface area contributed by atoms with Crippen molar-refractivity contribution in [3.05, 3.63) is 81.0 Å². The SMILES string of the molecule is O=c1oc2ccccc2cc1-c1csc(C2=NOC(c3ccc(O)cc3)C2)n1. The van der Waals surface area contributed by atoms with Crippen LogP contribution in [-0.2, 0) is 4.84 Å². The highest BCUT2D eigenvalue weighted by atomic mass is 32.1. The van der Waals surface area contributed by atoms with Crippen molar-refractivity contribution in [2.75, 3.05) is 0 Å². The number of hydrogen-bond donors (Lipinski definition) is 1. The average molecular weight is 390 g/mol. The fourth-order valence-electron chi connectivity index (χ4n) is 3.14. The molecule has 1 N–H and O–H groups in total. The van der Waals surface area contributed by atoms with Gasteiger partial charge in [0.15, 0.2) is 6.10 Å². The monoisotopic (exact) mass is 390 g/mol. The van der Waals surface area contributed by atoms with Crippen LogP contribution in [0.3, 0.4) is 0 Å². The lowest BCUT2D eigenvalue weighted by atomic mass is 10.0. The third kappa shape index (κ3) is 2.95. The molecule has 3 heterocycles. The molecule has 0 radical (unpaired) electrons. The fourth-order valence-corrected chi connectivity index (χ4v) is 3.95. The summed E-state index contributed by atoms with van der Waals surface area (Å²) in [5, 5.41) is 17.0. The number of aromatic nitrogens is 1. The normalized spacial score (nSPS) is 16.1. The number of rotatable bonds is 3. The molecule has 138 valence electrons. The summed E-state index contributed by atoms with van der Waals surface area (Å²) in [4.78, 5) is 22.5. The number of aromatic hydroxyl groups is 1. The van der Waals surface area contributed by atoms with Gasteiger partial charge in [0.2, 0.25) is 0 Å². The van der Waals surface area contributed by atoms with Gasteiger partial charge in [0.05, 0.1) is 11.3 Å². The summed E-state index contributed by atoms with van der Waals surface area (Å²) in [6, 6.07) is 16.0. The van der Waals surface area contributed by atoms with Crippen LogP contribution in [-0.4, -0.2) is 15.8 Å². The minimum atomic E-state index is -0.415. The van der Waals surface area contributed by atoms with Gasteiger partial charge in [-0.25, -0.2) is 9.78 Å². The Morgan fingerprint density at radius 3 is 2.79 bits per heavy atom. The quantitative estimate of drug-likeness (QED) is 0.521. The van der Waals surface area contributed by atoms with Crippen LogP contribution in [0.5, 0.6) is 5.75 Å². The number of phenolic OH excluding ortho intramolecular Hbond substituents is 1. The molecule has 7 heteroatoms. The van der Waals surface area contributed by atoms with E-state index in [1.807, 2.05) is 35.7 Å². The Kier molecular flexibility index (Phi) is 3.95. The average Bonchev–Trinajstić information content (AvgIpc) is 3.38. The number of hydrogen-bond acceptors (Lipinski definition) is 7. The second-order valence-electron chi connectivity index (χ2n) is 6.45. The summed E-state index contributed by atoms with van der Waals surface area (Å²) < 4.78 is 5.40. The van der Waals surface area contributed by atoms with Crippen molar-refractivity contribution >= 4 is 28.0 Å². The Morgan fingerprint density at radius 1 is 1.11 bits per heavy atom. The highest BCUT2D eigenvalue weighted by molar-refractivity contribution is 7.12. The zero-order chi connectivity index (χ0) is 19.1. The number of para-hydroxylation sites is 1. The van der Waals surface area contributed by atoms with Gasteiger partial charge < -0.3 is 14.4 Å². The van der Waals surface area contributed by atoms with Crippen LogP contribution < -0.4 is 5.63 Å². The Morgan fingerprint density at radius 2 is 1.93 bits per heavy atom. The Labute approximate surface area is 163 Å². The van der Waals surface area contributed by atoms with Gasteiger partial charge in [-0.1, -0.05) is 35.5 Å². The van der Waals surface area contributed by atoms with Crippen LogP contribution in [0.1, 0.15) is 23.1 Å².